The molecule has 0 atom stereocenters. The average Bonchev–Trinajstić information content (AvgIpc) is 2.63. The maximum Gasteiger partial charge on any atom is 0.264 e. The second-order valence-corrected chi connectivity index (χ2v) is 6.04. The van der Waals surface area contributed by atoms with Crippen LogP contribution in [0.5, 0.6) is 11.6 Å². The summed E-state index contributed by atoms with van der Waals surface area (Å²) in [6.07, 6.45) is 1.57. The fraction of sp³-hybridized carbons (Fsp3) is 0.278. The molecule has 0 fully saturated rings. The van der Waals surface area contributed by atoms with Crippen molar-refractivity contribution < 1.29 is 14.3 Å². The SMILES string of the molecule is Cc1ccc2c(c1)N(CC(=O)NC(C)C)C(=O)c1cccnc1O2. The quantitative estimate of drug-likeness (QED) is 0.942. The minimum Gasteiger partial charge on any atom is -0.436 e. The molecule has 0 bridgehead atoms. The number of carbonyl (C=O) groups excluding carboxylic acids is 2. The number of ether oxygens (including phenoxy) is 1. The van der Waals surface area contributed by atoms with E-state index >= 15 is 0 Å². The van der Waals surface area contributed by atoms with Crippen molar-refractivity contribution >= 4 is 17.5 Å². The van der Waals surface area contributed by atoms with E-state index in [1.54, 1.807) is 24.4 Å². The van der Waals surface area contributed by atoms with Crippen molar-refractivity contribution in [3.05, 3.63) is 47.7 Å². The Morgan fingerprint density at radius 2 is 2.12 bits per heavy atom. The first-order valence-corrected chi connectivity index (χ1v) is 7.80. The molecular formula is C18H19N3O3. The van der Waals surface area contributed by atoms with Gasteiger partial charge in [-0.15, -0.1) is 0 Å². The number of benzene rings is 1. The van der Waals surface area contributed by atoms with Crippen molar-refractivity contribution in [3.8, 4) is 11.6 Å². The molecule has 0 unspecified atom stereocenters. The minimum absolute atomic E-state index is 0.00163. The van der Waals surface area contributed by atoms with Gasteiger partial charge in [0.15, 0.2) is 5.75 Å². The fourth-order valence-corrected chi connectivity index (χ4v) is 2.59. The highest BCUT2D eigenvalue weighted by molar-refractivity contribution is 6.11. The van der Waals surface area contributed by atoms with Crippen molar-refractivity contribution in [3.63, 3.8) is 0 Å². The molecule has 0 radical (unpaired) electrons. The summed E-state index contributed by atoms with van der Waals surface area (Å²) in [5.41, 5.74) is 1.87. The third kappa shape index (κ3) is 3.08. The molecule has 0 saturated carbocycles. The summed E-state index contributed by atoms with van der Waals surface area (Å²) in [5.74, 6) is 0.225. The average molecular weight is 325 g/mol. The molecule has 1 aromatic heterocycles. The van der Waals surface area contributed by atoms with E-state index in [0.717, 1.165) is 5.56 Å². The van der Waals surface area contributed by atoms with Crippen LogP contribution in [0.1, 0.15) is 29.8 Å². The van der Waals surface area contributed by atoms with Gasteiger partial charge in [-0.2, -0.15) is 0 Å². The number of nitrogens with one attached hydrogen (secondary N) is 1. The first-order valence-electron chi connectivity index (χ1n) is 7.80. The third-order valence-electron chi connectivity index (χ3n) is 3.61. The van der Waals surface area contributed by atoms with Gasteiger partial charge in [0.1, 0.15) is 12.1 Å². The molecular weight excluding hydrogens is 306 g/mol. The third-order valence-corrected chi connectivity index (χ3v) is 3.61. The summed E-state index contributed by atoms with van der Waals surface area (Å²) in [6.45, 7) is 5.60. The van der Waals surface area contributed by atoms with E-state index in [9.17, 15) is 9.59 Å². The zero-order valence-electron chi connectivity index (χ0n) is 13.9. The molecule has 1 N–H and O–H groups in total. The van der Waals surface area contributed by atoms with Gasteiger partial charge in [0.25, 0.3) is 5.91 Å². The second-order valence-electron chi connectivity index (χ2n) is 6.04. The van der Waals surface area contributed by atoms with Crippen LogP contribution in [-0.4, -0.2) is 29.4 Å². The molecule has 124 valence electrons. The molecule has 2 heterocycles. The van der Waals surface area contributed by atoms with Crippen molar-refractivity contribution in [2.45, 2.75) is 26.8 Å². The molecule has 2 amide bonds. The van der Waals surface area contributed by atoms with Gasteiger partial charge in [-0.05, 0) is 50.6 Å². The number of anilines is 1. The smallest absolute Gasteiger partial charge is 0.264 e. The van der Waals surface area contributed by atoms with Gasteiger partial charge >= 0.3 is 0 Å². The highest BCUT2D eigenvalue weighted by atomic mass is 16.5. The normalized spacial score (nSPS) is 13.0. The molecule has 2 aromatic rings. The van der Waals surface area contributed by atoms with Crippen molar-refractivity contribution in [1.29, 1.82) is 0 Å². The van der Waals surface area contributed by atoms with E-state index in [0.29, 0.717) is 17.0 Å². The van der Waals surface area contributed by atoms with Gasteiger partial charge in [0.2, 0.25) is 11.8 Å². The van der Waals surface area contributed by atoms with Gasteiger partial charge < -0.3 is 10.1 Å². The monoisotopic (exact) mass is 325 g/mol. The number of nitrogens with zero attached hydrogens (tertiary/aromatic N) is 2. The molecule has 0 saturated heterocycles. The number of hydrogen-bond donors (Lipinski definition) is 1. The number of aromatic nitrogens is 1. The van der Waals surface area contributed by atoms with Crippen LogP contribution in [0.15, 0.2) is 36.5 Å². The van der Waals surface area contributed by atoms with E-state index in [1.807, 2.05) is 32.9 Å². The zero-order chi connectivity index (χ0) is 17.3. The minimum atomic E-state index is -0.304. The van der Waals surface area contributed by atoms with E-state index in [2.05, 4.69) is 10.3 Å². The second kappa shape index (κ2) is 6.31. The highest BCUT2D eigenvalue weighted by Gasteiger charge is 2.30. The van der Waals surface area contributed by atoms with Crippen LogP contribution in [0, 0.1) is 6.92 Å². The predicted octanol–water partition coefficient (Wildman–Crippen LogP) is 2.67. The number of amides is 2. The summed E-state index contributed by atoms with van der Waals surface area (Å²) in [6, 6.07) is 8.84. The fourth-order valence-electron chi connectivity index (χ4n) is 2.59. The largest absolute Gasteiger partial charge is 0.436 e. The molecule has 1 aliphatic heterocycles. The van der Waals surface area contributed by atoms with Crippen LogP contribution in [0.25, 0.3) is 0 Å². The number of hydrogen-bond acceptors (Lipinski definition) is 4. The van der Waals surface area contributed by atoms with E-state index in [4.69, 9.17) is 4.74 Å². The molecule has 0 spiro atoms. The molecule has 6 nitrogen and oxygen atoms in total. The lowest BCUT2D eigenvalue weighted by Gasteiger charge is -2.22. The number of aryl methyl sites for hydroxylation is 1. The molecule has 0 aliphatic carbocycles. The van der Waals surface area contributed by atoms with Crippen LogP contribution >= 0.6 is 0 Å². The molecule has 1 aromatic carbocycles. The van der Waals surface area contributed by atoms with Gasteiger partial charge in [-0.1, -0.05) is 6.07 Å². The Morgan fingerprint density at radius 3 is 2.88 bits per heavy atom. The highest BCUT2D eigenvalue weighted by Crippen LogP contribution is 2.38. The predicted molar refractivity (Wildman–Crippen MR) is 90.4 cm³/mol. The maximum atomic E-state index is 13.0. The molecule has 3 rings (SSSR count). The Bertz CT molecular complexity index is 802. The zero-order valence-corrected chi connectivity index (χ0v) is 13.9. The van der Waals surface area contributed by atoms with Crippen molar-refractivity contribution in [2.75, 3.05) is 11.4 Å². The summed E-state index contributed by atoms with van der Waals surface area (Å²) in [7, 11) is 0. The van der Waals surface area contributed by atoms with Crippen LogP contribution in [0.2, 0.25) is 0 Å². The first kappa shape index (κ1) is 16.0. The Labute approximate surface area is 140 Å². The molecule has 6 heteroatoms. The summed E-state index contributed by atoms with van der Waals surface area (Å²) >= 11 is 0. The summed E-state index contributed by atoms with van der Waals surface area (Å²) in [4.78, 5) is 30.8. The summed E-state index contributed by atoms with van der Waals surface area (Å²) < 4.78 is 5.82. The van der Waals surface area contributed by atoms with E-state index in [-0.39, 0.29) is 30.3 Å². The lowest BCUT2D eigenvalue weighted by atomic mass is 10.1. The number of fused-ring (bicyclic) bond motifs is 2. The summed E-state index contributed by atoms with van der Waals surface area (Å²) in [5, 5.41) is 2.81. The molecule has 24 heavy (non-hydrogen) atoms. The number of rotatable bonds is 3. The number of pyridine rings is 1. The first-order chi connectivity index (χ1) is 11.5. The van der Waals surface area contributed by atoms with Gasteiger partial charge in [-0.25, -0.2) is 4.98 Å². The Hall–Kier alpha value is -2.89. The van der Waals surface area contributed by atoms with E-state index in [1.165, 1.54) is 4.90 Å². The maximum absolute atomic E-state index is 13.0. The Balaban J connectivity index is 2.06. The lowest BCUT2D eigenvalue weighted by molar-refractivity contribution is -0.120. The molecule has 1 aliphatic rings. The topological polar surface area (TPSA) is 71.5 Å². The van der Waals surface area contributed by atoms with Crippen LogP contribution < -0.4 is 15.0 Å². The number of carbonyl (C=O) groups is 2. The van der Waals surface area contributed by atoms with Crippen LogP contribution in [-0.2, 0) is 4.79 Å². The lowest BCUT2D eigenvalue weighted by Crippen LogP contribution is -2.42. The Kier molecular flexibility index (Phi) is 4.20. The van der Waals surface area contributed by atoms with Crippen LogP contribution in [0.4, 0.5) is 5.69 Å². The standard InChI is InChI=1S/C18H19N3O3/c1-11(2)20-16(22)10-21-14-9-12(3)6-7-15(14)24-17-13(18(21)23)5-4-8-19-17/h4-9,11H,10H2,1-3H3,(H,20,22). The Morgan fingerprint density at radius 1 is 1.33 bits per heavy atom. The van der Waals surface area contributed by atoms with Crippen molar-refractivity contribution in [1.82, 2.24) is 10.3 Å². The van der Waals surface area contributed by atoms with Gasteiger partial charge in [-0.3, -0.25) is 14.5 Å². The van der Waals surface area contributed by atoms with Crippen LogP contribution in [0.3, 0.4) is 0 Å². The van der Waals surface area contributed by atoms with E-state index < -0.39 is 0 Å². The van der Waals surface area contributed by atoms with Crippen molar-refractivity contribution in [2.24, 2.45) is 0 Å². The van der Waals surface area contributed by atoms with Gasteiger partial charge in [0.05, 0.1) is 5.69 Å². The van der Waals surface area contributed by atoms with Gasteiger partial charge in [0, 0.05) is 12.2 Å².